The van der Waals surface area contributed by atoms with Crippen LogP contribution < -0.4 is 11.3 Å². The number of methoxy groups -OCH3 is 1. The number of rotatable bonds is 5. The van der Waals surface area contributed by atoms with Crippen molar-refractivity contribution >= 4 is 0 Å². The maximum atomic E-state index is 5.63. The maximum Gasteiger partial charge on any atom is 0.0829 e. The number of nitrogens with two attached hydrogens (primary N) is 1. The molecule has 0 heterocycles. The lowest BCUT2D eigenvalue weighted by Crippen LogP contribution is -2.43. The third kappa shape index (κ3) is 3.28. The molecule has 0 amide bonds. The molecule has 1 rings (SSSR count). The van der Waals surface area contributed by atoms with Crippen LogP contribution in [0.2, 0.25) is 0 Å². The number of hydrogen-bond acceptors (Lipinski definition) is 3. The van der Waals surface area contributed by atoms with Gasteiger partial charge in [-0.05, 0) is 30.9 Å². The van der Waals surface area contributed by atoms with E-state index < -0.39 is 0 Å². The van der Waals surface area contributed by atoms with Crippen LogP contribution in [0.4, 0.5) is 0 Å². The van der Waals surface area contributed by atoms with Crippen LogP contribution >= 0.6 is 0 Å². The number of hydrogen-bond donors (Lipinski definition) is 2. The standard InChI is InChI=1S/C14H24N2O/c1-10(2)11-6-8-12(9-7-11)13(16-15)14(3,4)17-5/h6-10,13,16H,15H2,1-5H3. The van der Waals surface area contributed by atoms with Gasteiger partial charge >= 0.3 is 0 Å². The van der Waals surface area contributed by atoms with Gasteiger partial charge in [0.25, 0.3) is 0 Å². The van der Waals surface area contributed by atoms with E-state index in [9.17, 15) is 0 Å². The van der Waals surface area contributed by atoms with Crippen molar-refractivity contribution in [2.75, 3.05) is 7.11 Å². The number of benzene rings is 1. The van der Waals surface area contributed by atoms with Crippen LogP contribution in [-0.4, -0.2) is 12.7 Å². The quantitative estimate of drug-likeness (QED) is 0.610. The highest BCUT2D eigenvalue weighted by molar-refractivity contribution is 5.28. The summed E-state index contributed by atoms with van der Waals surface area (Å²) in [5.74, 6) is 6.18. The normalized spacial score (nSPS) is 14.1. The summed E-state index contributed by atoms with van der Waals surface area (Å²) >= 11 is 0. The van der Waals surface area contributed by atoms with Crippen molar-refractivity contribution in [3.05, 3.63) is 35.4 Å². The molecule has 1 atom stereocenters. The van der Waals surface area contributed by atoms with Crippen LogP contribution in [-0.2, 0) is 4.74 Å². The molecule has 0 spiro atoms. The lowest BCUT2D eigenvalue weighted by atomic mass is 9.90. The molecule has 0 aromatic heterocycles. The average Bonchev–Trinajstić information content (AvgIpc) is 2.30. The van der Waals surface area contributed by atoms with Crippen LogP contribution in [0.15, 0.2) is 24.3 Å². The molecule has 0 aliphatic heterocycles. The first-order valence-electron chi connectivity index (χ1n) is 6.03. The topological polar surface area (TPSA) is 47.3 Å². The van der Waals surface area contributed by atoms with Crippen LogP contribution in [0.25, 0.3) is 0 Å². The maximum absolute atomic E-state index is 5.63. The molecule has 0 radical (unpaired) electrons. The van der Waals surface area contributed by atoms with Crippen molar-refractivity contribution in [1.29, 1.82) is 0 Å². The van der Waals surface area contributed by atoms with Crippen molar-refractivity contribution in [3.63, 3.8) is 0 Å². The second-order valence-electron chi connectivity index (χ2n) is 5.23. The van der Waals surface area contributed by atoms with Gasteiger partial charge < -0.3 is 4.74 Å². The molecule has 0 aliphatic carbocycles. The number of nitrogens with one attached hydrogen (secondary N) is 1. The lowest BCUT2D eigenvalue weighted by Gasteiger charge is -2.33. The molecule has 1 aromatic carbocycles. The Hall–Kier alpha value is -0.900. The van der Waals surface area contributed by atoms with Gasteiger partial charge in [-0.1, -0.05) is 38.1 Å². The summed E-state index contributed by atoms with van der Waals surface area (Å²) in [7, 11) is 1.70. The molecule has 3 heteroatoms. The zero-order valence-corrected chi connectivity index (χ0v) is 11.4. The molecule has 0 aliphatic rings. The summed E-state index contributed by atoms with van der Waals surface area (Å²) in [4.78, 5) is 0. The van der Waals surface area contributed by atoms with Gasteiger partial charge in [0.05, 0.1) is 11.6 Å². The van der Waals surface area contributed by atoms with Gasteiger partial charge in [0.15, 0.2) is 0 Å². The molecule has 96 valence electrons. The SMILES string of the molecule is COC(C)(C)C(NN)c1ccc(C(C)C)cc1. The van der Waals surface area contributed by atoms with Crippen molar-refractivity contribution in [1.82, 2.24) is 5.43 Å². The molecule has 3 N–H and O–H groups in total. The second-order valence-corrected chi connectivity index (χ2v) is 5.23. The van der Waals surface area contributed by atoms with E-state index in [0.29, 0.717) is 5.92 Å². The van der Waals surface area contributed by atoms with Gasteiger partial charge in [-0.2, -0.15) is 0 Å². The second kappa shape index (κ2) is 5.63. The first-order valence-corrected chi connectivity index (χ1v) is 6.03. The summed E-state index contributed by atoms with van der Waals surface area (Å²) in [6, 6.07) is 8.50. The van der Waals surface area contributed by atoms with Crippen LogP contribution in [0, 0.1) is 0 Å². The molecule has 1 unspecified atom stereocenters. The Morgan fingerprint density at radius 1 is 1.12 bits per heavy atom. The predicted octanol–water partition coefficient (Wildman–Crippen LogP) is 2.74. The minimum absolute atomic E-state index is 0.0197. The van der Waals surface area contributed by atoms with Gasteiger partial charge in [-0.15, -0.1) is 0 Å². The highest BCUT2D eigenvalue weighted by Crippen LogP contribution is 2.28. The summed E-state index contributed by atoms with van der Waals surface area (Å²) in [5, 5.41) is 0. The van der Waals surface area contributed by atoms with Gasteiger partial charge in [0.2, 0.25) is 0 Å². The van der Waals surface area contributed by atoms with E-state index in [1.54, 1.807) is 7.11 Å². The number of ether oxygens (including phenoxy) is 1. The summed E-state index contributed by atoms with van der Waals surface area (Å²) in [5.41, 5.74) is 4.97. The third-order valence-corrected chi connectivity index (χ3v) is 3.32. The Bertz CT molecular complexity index is 344. The Kier molecular flexibility index (Phi) is 4.69. The highest BCUT2D eigenvalue weighted by atomic mass is 16.5. The smallest absolute Gasteiger partial charge is 0.0829 e. The first-order chi connectivity index (χ1) is 7.92. The van der Waals surface area contributed by atoms with E-state index in [0.717, 1.165) is 5.56 Å². The fourth-order valence-corrected chi connectivity index (χ4v) is 1.89. The van der Waals surface area contributed by atoms with Crippen molar-refractivity contribution in [2.45, 2.75) is 45.3 Å². The molecular formula is C14H24N2O. The molecule has 0 bridgehead atoms. The number of hydrazine groups is 1. The molecular weight excluding hydrogens is 212 g/mol. The van der Waals surface area contributed by atoms with Crippen LogP contribution in [0.5, 0.6) is 0 Å². The van der Waals surface area contributed by atoms with E-state index in [-0.39, 0.29) is 11.6 Å². The minimum atomic E-state index is -0.339. The van der Waals surface area contributed by atoms with Crippen molar-refractivity contribution in [2.24, 2.45) is 5.84 Å². The van der Waals surface area contributed by atoms with E-state index in [1.807, 2.05) is 13.8 Å². The lowest BCUT2D eigenvalue weighted by molar-refractivity contribution is -0.0111. The Morgan fingerprint density at radius 3 is 1.94 bits per heavy atom. The molecule has 0 fully saturated rings. The van der Waals surface area contributed by atoms with E-state index >= 15 is 0 Å². The Labute approximate surface area is 104 Å². The van der Waals surface area contributed by atoms with Gasteiger partial charge in [0.1, 0.15) is 0 Å². The molecule has 1 aromatic rings. The Balaban J connectivity index is 2.98. The average molecular weight is 236 g/mol. The molecule has 0 saturated heterocycles. The van der Waals surface area contributed by atoms with Gasteiger partial charge in [0, 0.05) is 7.11 Å². The minimum Gasteiger partial charge on any atom is -0.377 e. The first kappa shape index (κ1) is 14.2. The molecule has 3 nitrogen and oxygen atoms in total. The zero-order valence-electron chi connectivity index (χ0n) is 11.4. The molecule has 0 saturated carbocycles. The summed E-state index contributed by atoms with van der Waals surface area (Å²) in [6.07, 6.45) is 0. The fourth-order valence-electron chi connectivity index (χ4n) is 1.89. The monoisotopic (exact) mass is 236 g/mol. The largest absolute Gasteiger partial charge is 0.377 e. The van der Waals surface area contributed by atoms with Crippen molar-refractivity contribution in [3.8, 4) is 0 Å². The van der Waals surface area contributed by atoms with Crippen LogP contribution in [0.1, 0.15) is 50.8 Å². The summed E-state index contributed by atoms with van der Waals surface area (Å²) < 4.78 is 5.48. The van der Waals surface area contributed by atoms with E-state index in [2.05, 4.69) is 43.5 Å². The Morgan fingerprint density at radius 2 is 1.59 bits per heavy atom. The zero-order chi connectivity index (χ0) is 13.1. The van der Waals surface area contributed by atoms with Gasteiger partial charge in [-0.25, -0.2) is 0 Å². The van der Waals surface area contributed by atoms with Crippen LogP contribution in [0.3, 0.4) is 0 Å². The molecule has 17 heavy (non-hydrogen) atoms. The van der Waals surface area contributed by atoms with E-state index in [1.165, 1.54) is 5.56 Å². The third-order valence-electron chi connectivity index (χ3n) is 3.32. The fraction of sp³-hybridized carbons (Fsp3) is 0.571. The van der Waals surface area contributed by atoms with Crippen molar-refractivity contribution < 1.29 is 4.74 Å². The van der Waals surface area contributed by atoms with Gasteiger partial charge in [-0.3, -0.25) is 11.3 Å². The highest BCUT2D eigenvalue weighted by Gasteiger charge is 2.29. The predicted molar refractivity (Wildman–Crippen MR) is 71.7 cm³/mol. The van der Waals surface area contributed by atoms with E-state index in [4.69, 9.17) is 10.6 Å². The summed E-state index contributed by atoms with van der Waals surface area (Å²) in [6.45, 7) is 8.42.